The molecule has 0 aliphatic carbocycles. The molecule has 1 aromatic rings. The van der Waals surface area contributed by atoms with Gasteiger partial charge in [0.05, 0.1) is 6.42 Å². The van der Waals surface area contributed by atoms with Crippen LogP contribution in [0.4, 0.5) is 4.39 Å². The molecular formula is C13H16FNO3. The summed E-state index contributed by atoms with van der Waals surface area (Å²) in [7, 11) is 0. The quantitative estimate of drug-likeness (QED) is 0.874. The first-order chi connectivity index (χ1) is 8.45. The van der Waals surface area contributed by atoms with E-state index in [4.69, 9.17) is 5.11 Å². The Morgan fingerprint density at radius 1 is 1.39 bits per heavy atom. The summed E-state index contributed by atoms with van der Waals surface area (Å²) in [5.74, 6) is -1.61. The van der Waals surface area contributed by atoms with Crippen LogP contribution in [-0.2, 0) is 4.79 Å². The zero-order chi connectivity index (χ0) is 13.7. The van der Waals surface area contributed by atoms with Crippen LogP contribution in [0.15, 0.2) is 18.2 Å². The first kappa shape index (κ1) is 14.2. The Morgan fingerprint density at radius 3 is 2.56 bits per heavy atom. The molecule has 0 aliphatic heterocycles. The molecule has 0 heterocycles. The number of benzene rings is 1. The van der Waals surface area contributed by atoms with Gasteiger partial charge in [0.1, 0.15) is 5.82 Å². The number of carboxylic acids is 1. The van der Waals surface area contributed by atoms with Crippen LogP contribution in [0, 0.1) is 12.7 Å². The monoisotopic (exact) mass is 253 g/mol. The molecule has 0 saturated heterocycles. The van der Waals surface area contributed by atoms with Crippen LogP contribution >= 0.6 is 0 Å². The van der Waals surface area contributed by atoms with Gasteiger partial charge in [-0.05, 0) is 37.6 Å². The Kier molecular flexibility index (Phi) is 4.83. The van der Waals surface area contributed by atoms with Crippen LogP contribution < -0.4 is 0 Å². The van der Waals surface area contributed by atoms with Crippen molar-refractivity contribution in [1.82, 2.24) is 4.90 Å². The summed E-state index contributed by atoms with van der Waals surface area (Å²) in [6.45, 7) is 4.00. The lowest BCUT2D eigenvalue weighted by atomic mass is 10.1. The molecule has 1 aromatic carbocycles. The summed E-state index contributed by atoms with van der Waals surface area (Å²) in [6, 6.07) is 3.94. The maximum absolute atomic E-state index is 12.9. The van der Waals surface area contributed by atoms with Crippen molar-refractivity contribution in [3.63, 3.8) is 0 Å². The van der Waals surface area contributed by atoms with Crippen LogP contribution in [0.2, 0.25) is 0 Å². The molecule has 1 N–H and O–H groups in total. The minimum absolute atomic E-state index is 0.0974. The highest BCUT2D eigenvalue weighted by Gasteiger charge is 2.17. The summed E-state index contributed by atoms with van der Waals surface area (Å²) in [6.07, 6.45) is -0.0974. The molecule has 98 valence electrons. The second-order valence-electron chi connectivity index (χ2n) is 3.99. The van der Waals surface area contributed by atoms with Gasteiger partial charge in [0.15, 0.2) is 0 Å². The molecule has 5 heteroatoms. The highest BCUT2D eigenvalue weighted by molar-refractivity contribution is 5.95. The van der Waals surface area contributed by atoms with Crippen molar-refractivity contribution in [2.75, 3.05) is 13.1 Å². The van der Waals surface area contributed by atoms with E-state index in [0.717, 1.165) is 0 Å². The lowest BCUT2D eigenvalue weighted by Gasteiger charge is -2.21. The zero-order valence-electron chi connectivity index (χ0n) is 10.4. The average Bonchev–Trinajstić information content (AvgIpc) is 2.29. The fourth-order valence-corrected chi connectivity index (χ4v) is 1.67. The van der Waals surface area contributed by atoms with Gasteiger partial charge in [-0.3, -0.25) is 9.59 Å². The Morgan fingerprint density at radius 2 is 2.06 bits per heavy atom. The van der Waals surface area contributed by atoms with E-state index in [1.165, 1.54) is 23.1 Å². The number of hydrogen-bond donors (Lipinski definition) is 1. The van der Waals surface area contributed by atoms with Gasteiger partial charge in [-0.25, -0.2) is 4.39 Å². The summed E-state index contributed by atoms with van der Waals surface area (Å²) in [5.41, 5.74) is 0.956. The molecule has 1 amide bonds. The lowest BCUT2D eigenvalue weighted by Crippen LogP contribution is -2.33. The van der Waals surface area contributed by atoms with E-state index < -0.39 is 11.8 Å². The highest BCUT2D eigenvalue weighted by atomic mass is 19.1. The van der Waals surface area contributed by atoms with Crippen molar-refractivity contribution in [3.05, 3.63) is 35.1 Å². The van der Waals surface area contributed by atoms with Crippen molar-refractivity contribution in [2.45, 2.75) is 20.3 Å². The number of aryl methyl sites for hydroxylation is 1. The molecule has 0 aromatic heterocycles. The molecular weight excluding hydrogens is 237 g/mol. The van der Waals surface area contributed by atoms with Crippen LogP contribution in [0.5, 0.6) is 0 Å². The fourth-order valence-electron chi connectivity index (χ4n) is 1.67. The normalized spacial score (nSPS) is 10.2. The molecule has 0 fully saturated rings. The molecule has 18 heavy (non-hydrogen) atoms. The number of carbonyl (C=O) groups excluding carboxylic acids is 1. The predicted molar refractivity (Wildman–Crippen MR) is 65.0 cm³/mol. The molecule has 0 saturated carbocycles. The second kappa shape index (κ2) is 6.14. The Labute approximate surface area is 105 Å². The van der Waals surface area contributed by atoms with Crippen LogP contribution in [0.1, 0.15) is 29.3 Å². The van der Waals surface area contributed by atoms with Crippen molar-refractivity contribution >= 4 is 11.9 Å². The standard InChI is InChI=1S/C13H16FNO3/c1-3-15(7-6-12(16)17)13(18)11-5-4-10(14)8-9(11)2/h4-5,8H,3,6-7H2,1-2H3,(H,16,17). The molecule has 0 unspecified atom stereocenters. The SMILES string of the molecule is CCN(CCC(=O)O)C(=O)c1ccc(F)cc1C. The van der Waals surface area contributed by atoms with E-state index in [1.807, 2.05) is 0 Å². The van der Waals surface area contributed by atoms with Gasteiger partial charge < -0.3 is 10.0 Å². The van der Waals surface area contributed by atoms with Crippen LogP contribution in [0.25, 0.3) is 0 Å². The number of hydrogen-bond acceptors (Lipinski definition) is 2. The molecule has 0 spiro atoms. The molecule has 0 aliphatic rings. The number of rotatable bonds is 5. The minimum Gasteiger partial charge on any atom is -0.481 e. The van der Waals surface area contributed by atoms with Crippen molar-refractivity contribution < 1.29 is 19.1 Å². The number of carbonyl (C=O) groups is 2. The number of aliphatic carboxylic acids is 1. The first-order valence-electron chi connectivity index (χ1n) is 5.73. The minimum atomic E-state index is -0.947. The molecule has 0 atom stereocenters. The van der Waals surface area contributed by atoms with E-state index in [1.54, 1.807) is 13.8 Å². The first-order valence-corrected chi connectivity index (χ1v) is 5.73. The van der Waals surface area contributed by atoms with Crippen LogP contribution in [-0.4, -0.2) is 35.0 Å². The third-order valence-corrected chi connectivity index (χ3v) is 2.68. The van der Waals surface area contributed by atoms with Gasteiger partial charge in [-0.2, -0.15) is 0 Å². The van der Waals surface area contributed by atoms with Gasteiger partial charge in [-0.15, -0.1) is 0 Å². The van der Waals surface area contributed by atoms with Gasteiger partial charge in [-0.1, -0.05) is 0 Å². The highest BCUT2D eigenvalue weighted by Crippen LogP contribution is 2.13. The maximum atomic E-state index is 12.9. The van der Waals surface area contributed by atoms with Crippen molar-refractivity contribution in [3.8, 4) is 0 Å². The second-order valence-corrected chi connectivity index (χ2v) is 3.99. The molecule has 1 rings (SSSR count). The number of carboxylic acid groups (broad SMARTS) is 1. The summed E-state index contributed by atoms with van der Waals surface area (Å²) < 4.78 is 12.9. The summed E-state index contributed by atoms with van der Waals surface area (Å²) >= 11 is 0. The average molecular weight is 253 g/mol. The smallest absolute Gasteiger partial charge is 0.305 e. The van der Waals surface area contributed by atoms with Crippen LogP contribution in [0.3, 0.4) is 0 Å². The molecule has 0 radical (unpaired) electrons. The van der Waals surface area contributed by atoms with Crippen molar-refractivity contribution in [1.29, 1.82) is 0 Å². The third kappa shape index (κ3) is 3.55. The Balaban J connectivity index is 2.86. The number of nitrogens with zero attached hydrogens (tertiary/aromatic N) is 1. The zero-order valence-corrected chi connectivity index (χ0v) is 10.4. The number of halogens is 1. The lowest BCUT2D eigenvalue weighted by molar-refractivity contribution is -0.137. The van der Waals surface area contributed by atoms with Gasteiger partial charge in [0, 0.05) is 18.7 Å². The fraction of sp³-hybridized carbons (Fsp3) is 0.385. The van der Waals surface area contributed by atoms with Gasteiger partial charge in [0.25, 0.3) is 5.91 Å². The van der Waals surface area contributed by atoms with Gasteiger partial charge in [0.2, 0.25) is 0 Å². The summed E-state index contributed by atoms with van der Waals surface area (Å²) in [5, 5.41) is 8.61. The van der Waals surface area contributed by atoms with E-state index in [9.17, 15) is 14.0 Å². The van der Waals surface area contributed by atoms with E-state index in [-0.39, 0.29) is 18.9 Å². The summed E-state index contributed by atoms with van der Waals surface area (Å²) in [4.78, 5) is 24.1. The maximum Gasteiger partial charge on any atom is 0.305 e. The molecule has 0 bridgehead atoms. The largest absolute Gasteiger partial charge is 0.481 e. The van der Waals surface area contributed by atoms with Crippen molar-refractivity contribution in [2.24, 2.45) is 0 Å². The molecule has 4 nitrogen and oxygen atoms in total. The topological polar surface area (TPSA) is 57.6 Å². The van der Waals surface area contributed by atoms with E-state index in [0.29, 0.717) is 17.7 Å². The predicted octanol–water partition coefficient (Wildman–Crippen LogP) is 2.07. The number of amides is 1. The van der Waals surface area contributed by atoms with Gasteiger partial charge >= 0.3 is 5.97 Å². The Hall–Kier alpha value is -1.91. The van der Waals surface area contributed by atoms with E-state index in [2.05, 4.69) is 0 Å². The van der Waals surface area contributed by atoms with E-state index >= 15 is 0 Å². The third-order valence-electron chi connectivity index (χ3n) is 2.68. The Bertz CT molecular complexity index is 460.